The zero-order chi connectivity index (χ0) is 14.3. The molecule has 20 heavy (non-hydrogen) atoms. The lowest BCUT2D eigenvalue weighted by molar-refractivity contribution is -0.128. The van der Waals surface area contributed by atoms with Crippen molar-refractivity contribution in [2.24, 2.45) is 17.3 Å². The highest BCUT2D eigenvalue weighted by Gasteiger charge is 2.36. The van der Waals surface area contributed by atoms with E-state index in [-0.39, 0.29) is 23.3 Å². The van der Waals surface area contributed by atoms with Gasteiger partial charge in [0.2, 0.25) is 5.91 Å². The molecule has 0 radical (unpaired) electrons. The lowest BCUT2D eigenvalue weighted by Crippen LogP contribution is -2.39. The van der Waals surface area contributed by atoms with Gasteiger partial charge >= 0.3 is 0 Å². The summed E-state index contributed by atoms with van der Waals surface area (Å²) in [5.74, 6) is 1.05. The van der Waals surface area contributed by atoms with Crippen molar-refractivity contribution in [2.45, 2.75) is 59.0 Å². The molecular weight excluding hydrogens is 250 g/mol. The molecule has 0 spiro atoms. The van der Waals surface area contributed by atoms with Crippen LogP contribution in [0.15, 0.2) is 12.5 Å². The molecule has 1 aromatic heterocycles. The third-order valence-corrected chi connectivity index (χ3v) is 4.83. The van der Waals surface area contributed by atoms with E-state index in [9.17, 15) is 4.79 Å². The fourth-order valence-corrected chi connectivity index (χ4v) is 4.21. The van der Waals surface area contributed by atoms with Crippen LogP contribution in [0, 0.1) is 17.3 Å². The van der Waals surface area contributed by atoms with Gasteiger partial charge in [0.15, 0.2) is 0 Å². The highest BCUT2D eigenvalue weighted by Crippen LogP contribution is 2.42. The Labute approximate surface area is 121 Å². The van der Waals surface area contributed by atoms with Crippen molar-refractivity contribution in [2.75, 3.05) is 0 Å². The van der Waals surface area contributed by atoms with Gasteiger partial charge in [-0.1, -0.05) is 20.8 Å². The van der Waals surface area contributed by atoms with Gasteiger partial charge in [-0.15, -0.1) is 0 Å². The first-order valence-electron chi connectivity index (χ1n) is 7.75. The first-order chi connectivity index (χ1) is 9.44. The quantitative estimate of drug-likeness (QED) is 0.902. The lowest BCUT2D eigenvalue weighted by atomic mass is 9.68. The normalized spacial score (nSPS) is 31.9. The molecule has 1 saturated carbocycles. The number of nitrogens with one attached hydrogen (secondary N) is 1. The predicted octanol–water partition coefficient (Wildman–Crippen LogP) is 2.91. The van der Waals surface area contributed by atoms with E-state index in [0.717, 1.165) is 31.5 Å². The molecule has 3 atom stereocenters. The van der Waals surface area contributed by atoms with E-state index in [1.807, 2.05) is 12.5 Å². The molecular formula is C16H25N3O. The molecule has 0 aromatic carbocycles. The molecule has 2 heterocycles. The van der Waals surface area contributed by atoms with Crippen LogP contribution in [0.4, 0.5) is 0 Å². The van der Waals surface area contributed by atoms with Gasteiger partial charge in [-0.25, -0.2) is 4.98 Å². The lowest BCUT2D eigenvalue weighted by Gasteiger charge is -2.38. The summed E-state index contributed by atoms with van der Waals surface area (Å²) >= 11 is 0. The second-order valence-electron chi connectivity index (χ2n) is 7.47. The summed E-state index contributed by atoms with van der Waals surface area (Å²) in [6, 6.07) is 0.158. The van der Waals surface area contributed by atoms with Crippen molar-refractivity contribution in [3.63, 3.8) is 0 Å². The number of fused-ring (bicyclic) bond motifs is 1. The molecule has 1 aliphatic heterocycles. The molecule has 4 heteroatoms. The Balaban J connectivity index is 1.65. The Morgan fingerprint density at radius 2 is 2.25 bits per heavy atom. The molecule has 3 unspecified atom stereocenters. The number of nitrogens with zero attached hydrogens (tertiary/aromatic N) is 2. The summed E-state index contributed by atoms with van der Waals surface area (Å²) < 4.78 is 2.14. The standard InChI is InChI=1S/C16H25N3O/c1-11-6-12(8-16(2,3)7-11)15(20)18-13-4-5-19-10-17-9-14(13)19/h9-13H,4-8H2,1-3H3,(H,18,20). The maximum atomic E-state index is 12.6. The number of aromatic nitrogens is 2. The van der Waals surface area contributed by atoms with Crippen LogP contribution in [0.2, 0.25) is 0 Å². The summed E-state index contributed by atoms with van der Waals surface area (Å²) in [7, 11) is 0. The van der Waals surface area contributed by atoms with E-state index in [1.165, 1.54) is 6.42 Å². The van der Waals surface area contributed by atoms with Crippen LogP contribution < -0.4 is 5.32 Å². The van der Waals surface area contributed by atoms with Crippen molar-refractivity contribution in [3.8, 4) is 0 Å². The number of aryl methyl sites for hydroxylation is 1. The Morgan fingerprint density at radius 1 is 1.45 bits per heavy atom. The Bertz CT molecular complexity index is 506. The second-order valence-corrected chi connectivity index (χ2v) is 7.47. The SMILES string of the molecule is CC1CC(C(=O)NC2CCn3cncc32)CC(C)(C)C1. The molecule has 1 fully saturated rings. The minimum absolute atomic E-state index is 0.158. The van der Waals surface area contributed by atoms with Gasteiger partial charge in [0, 0.05) is 12.5 Å². The van der Waals surface area contributed by atoms with Gasteiger partial charge in [0.05, 0.1) is 24.3 Å². The van der Waals surface area contributed by atoms with E-state index in [4.69, 9.17) is 0 Å². The minimum atomic E-state index is 0.158. The number of hydrogen-bond acceptors (Lipinski definition) is 2. The molecule has 4 nitrogen and oxygen atoms in total. The van der Waals surface area contributed by atoms with E-state index < -0.39 is 0 Å². The Morgan fingerprint density at radius 3 is 3.00 bits per heavy atom. The third kappa shape index (κ3) is 2.60. The van der Waals surface area contributed by atoms with Crippen molar-refractivity contribution >= 4 is 5.91 Å². The molecule has 1 N–H and O–H groups in total. The molecule has 1 aromatic rings. The summed E-state index contributed by atoms with van der Waals surface area (Å²) in [6.45, 7) is 7.81. The highest BCUT2D eigenvalue weighted by atomic mass is 16.2. The molecule has 2 aliphatic rings. The third-order valence-electron chi connectivity index (χ3n) is 4.83. The summed E-state index contributed by atoms with van der Waals surface area (Å²) in [5.41, 5.74) is 1.44. The number of carbonyl (C=O) groups is 1. The monoisotopic (exact) mass is 275 g/mol. The van der Waals surface area contributed by atoms with E-state index >= 15 is 0 Å². The number of imidazole rings is 1. The van der Waals surface area contributed by atoms with Gasteiger partial charge in [0.25, 0.3) is 0 Å². The van der Waals surface area contributed by atoms with Crippen molar-refractivity contribution in [1.82, 2.24) is 14.9 Å². The van der Waals surface area contributed by atoms with Crippen molar-refractivity contribution in [3.05, 3.63) is 18.2 Å². The number of rotatable bonds is 2. The first-order valence-corrected chi connectivity index (χ1v) is 7.75. The fourth-order valence-electron chi connectivity index (χ4n) is 4.21. The average Bonchev–Trinajstić information content (AvgIpc) is 2.91. The van der Waals surface area contributed by atoms with Crippen molar-refractivity contribution < 1.29 is 4.79 Å². The number of hydrogen-bond donors (Lipinski definition) is 1. The van der Waals surface area contributed by atoms with Crippen LogP contribution in [0.5, 0.6) is 0 Å². The average molecular weight is 275 g/mol. The Hall–Kier alpha value is -1.32. The van der Waals surface area contributed by atoms with Crippen LogP contribution in [0.25, 0.3) is 0 Å². The van der Waals surface area contributed by atoms with Crippen molar-refractivity contribution in [1.29, 1.82) is 0 Å². The molecule has 3 rings (SSSR count). The smallest absolute Gasteiger partial charge is 0.223 e. The maximum absolute atomic E-state index is 12.6. The fraction of sp³-hybridized carbons (Fsp3) is 0.750. The van der Waals surface area contributed by atoms with Crippen LogP contribution in [-0.4, -0.2) is 15.5 Å². The van der Waals surface area contributed by atoms with E-state index in [0.29, 0.717) is 5.92 Å². The predicted molar refractivity (Wildman–Crippen MR) is 78.0 cm³/mol. The van der Waals surface area contributed by atoms with Gasteiger partial charge in [-0.05, 0) is 37.0 Å². The largest absolute Gasteiger partial charge is 0.347 e. The topological polar surface area (TPSA) is 46.9 Å². The Kier molecular flexibility index (Phi) is 3.35. The summed E-state index contributed by atoms with van der Waals surface area (Å²) in [5, 5.41) is 3.25. The minimum Gasteiger partial charge on any atom is -0.347 e. The zero-order valence-corrected chi connectivity index (χ0v) is 12.7. The highest BCUT2D eigenvalue weighted by molar-refractivity contribution is 5.79. The summed E-state index contributed by atoms with van der Waals surface area (Å²) in [6.07, 6.45) is 8.00. The van der Waals surface area contributed by atoms with Gasteiger partial charge in [-0.3, -0.25) is 4.79 Å². The zero-order valence-electron chi connectivity index (χ0n) is 12.7. The van der Waals surface area contributed by atoms with Crippen LogP contribution in [0.1, 0.15) is 58.2 Å². The number of carbonyl (C=O) groups excluding carboxylic acids is 1. The number of amides is 1. The van der Waals surface area contributed by atoms with Crippen LogP contribution >= 0.6 is 0 Å². The van der Waals surface area contributed by atoms with Gasteiger partial charge in [-0.2, -0.15) is 0 Å². The van der Waals surface area contributed by atoms with Crippen LogP contribution in [0.3, 0.4) is 0 Å². The second kappa shape index (κ2) is 4.90. The van der Waals surface area contributed by atoms with E-state index in [2.05, 4.69) is 35.6 Å². The van der Waals surface area contributed by atoms with E-state index in [1.54, 1.807) is 0 Å². The van der Waals surface area contributed by atoms with Crippen LogP contribution in [-0.2, 0) is 11.3 Å². The maximum Gasteiger partial charge on any atom is 0.223 e. The first kappa shape index (κ1) is 13.7. The molecule has 0 saturated heterocycles. The molecule has 1 amide bonds. The van der Waals surface area contributed by atoms with Gasteiger partial charge < -0.3 is 9.88 Å². The molecule has 0 bridgehead atoms. The summed E-state index contributed by atoms with van der Waals surface area (Å²) in [4.78, 5) is 16.7. The van der Waals surface area contributed by atoms with Gasteiger partial charge in [0.1, 0.15) is 0 Å². The molecule has 110 valence electrons. The molecule has 1 aliphatic carbocycles.